The molecule has 0 nitrogen and oxygen atoms in total. The van der Waals surface area contributed by atoms with Gasteiger partial charge in [-0.2, -0.15) is 0 Å². The lowest BCUT2D eigenvalue weighted by Gasteiger charge is -2.41. The van der Waals surface area contributed by atoms with Crippen molar-refractivity contribution in [2.75, 3.05) is 0 Å². The van der Waals surface area contributed by atoms with E-state index in [-0.39, 0.29) is 0 Å². The number of hydrogen-bond acceptors (Lipinski definition) is 0. The maximum absolute atomic E-state index is 2.67. The van der Waals surface area contributed by atoms with Crippen molar-refractivity contribution in [1.82, 2.24) is 0 Å². The molecule has 0 aromatic carbocycles. The maximum atomic E-state index is 2.67. The molecule has 0 radical (unpaired) electrons. The van der Waals surface area contributed by atoms with E-state index in [1.165, 1.54) is 12.8 Å². The van der Waals surface area contributed by atoms with Crippen molar-refractivity contribution in [3.05, 3.63) is 93.9 Å². The van der Waals surface area contributed by atoms with Gasteiger partial charge in [-0.15, -0.1) is 0 Å². The first-order valence-corrected chi connectivity index (χ1v) is 18.4. The minimum absolute atomic E-state index is 0.508. The van der Waals surface area contributed by atoms with E-state index in [0.717, 1.165) is 0 Å². The first kappa shape index (κ1) is 20.6. The van der Waals surface area contributed by atoms with Crippen LogP contribution in [0.15, 0.2) is 93.9 Å². The van der Waals surface area contributed by atoms with Crippen molar-refractivity contribution in [3.63, 3.8) is 0 Å². The average Bonchev–Trinajstić information content (AvgIpc) is 3.30. The molecule has 0 fully saturated rings. The molecule has 29 heavy (non-hydrogen) atoms. The summed E-state index contributed by atoms with van der Waals surface area (Å²) in [5.74, 6) is 1.70. The molecule has 4 rings (SSSR count). The van der Waals surface area contributed by atoms with Crippen LogP contribution in [0.1, 0.15) is 26.7 Å². The molecule has 0 N–H and O–H groups in total. The zero-order valence-electron chi connectivity index (χ0n) is 19.0. The molecule has 2 heteroatoms. The fourth-order valence-corrected chi connectivity index (χ4v) is 15.2. The van der Waals surface area contributed by atoms with Crippen molar-refractivity contribution in [2.45, 2.75) is 52.9 Å². The third kappa shape index (κ3) is 3.25. The first-order valence-electron chi connectivity index (χ1n) is 11.4. The van der Waals surface area contributed by atoms with E-state index in [1.54, 1.807) is 27.1 Å². The van der Waals surface area contributed by atoms with Crippen LogP contribution in [0.3, 0.4) is 0 Å². The highest BCUT2D eigenvalue weighted by Crippen LogP contribution is 2.48. The van der Waals surface area contributed by atoms with Crippen LogP contribution >= 0.6 is 0 Å². The van der Waals surface area contributed by atoms with E-state index in [4.69, 9.17) is 0 Å². The molecule has 3 atom stereocenters. The van der Waals surface area contributed by atoms with Gasteiger partial charge in [0.2, 0.25) is 0 Å². The smallest absolute Gasteiger partial charge is 0.0734 e. The molecule has 3 unspecified atom stereocenters. The highest BCUT2D eigenvalue weighted by Gasteiger charge is 2.49. The largest absolute Gasteiger partial charge is 0.0795 e. The van der Waals surface area contributed by atoms with Crippen molar-refractivity contribution >= 4 is 15.2 Å². The predicted molar refractivity (Wildman–Crippen MR) is 134 cm³/mol. The molecular formula is C27H36Si2. The van der Waals surface area contributed by atoms with Crippen LogP contribution in [-0.4, -0.2) is 15.2 Å². The summed E-state index contributed by atoms with van der Waals surface area (Å²) in [5.41, 5.74) is 4.86. The summed E-state index contributed by atoms with van der Waals surface area (Å²) < 4.78 is 0. The second-order valence-corrected chi connectivity index (χ2v) is 25.3. The highest BCUT2D eigenvalue weighted by atomic mass is 29.3. The Hall–Kier alpha value is -1.65. The Morgan fingerprint density at radius 1 is 0.793 bits per heavy atom. The average molecular weight is 417 g/mol. The summed E-state index contributed by atoms with van der Waals surface area (Å²) in [5, 5.41) is 3.43. The summed E-state index contributed by atoms with van der Waals surface area (Å²) >= 11 is 0. The van der Waals surface area contributed by atoms with Gasteiger partial charge in [0.25, 0.3) is 0 Å². The third-order valence-corrected chi connectivity index (χ3v) is 25.7. The van der Waals surface area contributed by atoms with Crippen LogP contribution in [-0.2, 0) is 0 Å². The standard InChI is InChI=1S/C27H36Si2/c1-7-12-20(2)25-19-27(24-16-11-10-15-23(24)25)29(5,6)28(3,4)26-18-17-21-13-8-9-14-22(21)26/h8-11,13-21,23H,7,12H2,1-6H3. The normalized spacial score (nSPS) is 26.3. The van der Waals surface area contributed by atoms with Crippen LogP contribution in [0.4, 0.5) is 0 Å². The summed E-state index contributed by atoms with van der Waals surface area (Å²) in [7, 11) is -3.31. The topological polar surface area (TPSA) is 0 Å². The van der Waals surface area contributed by atoms with Crippen molar-refractivity contribution in [1.29, 1.82) is 0 Å². The lowest BCUT2D eigenvalue weighted by atomic mass is 9.84. The number of allylic oxidation sites excluding steroid dienone is 16. The van der Waals surface area contributed by atoms with Crippen molar-refractivity contribution < 1.29 is 0 Å². The first-order chi connectivity index (χ1) is 13.8. The van der Waals surface area contributed by atoms with Crippen LogP contribution in [0, 0.1) is 17.8 Å². The van der Waals surface area contributed by atoms with E-state index in [9.17, 15) is 0 Å². The zero-order chi connectivity index (χ0) is 20.8. The van der Waals surface area contributed by atoms with E-state index in [0.29, 0.717) is 17.8 Å². The van der Waals surface area contributed by atoms with E-state index in [2.05, 4.69) is 107 Å². The Morgan fingerprint density at radius 3 is 2.17 bits per heavy atom. The molecule has 0 amide bonds. The molecule has 4 aliphatic rings. The lowest BCUT2D eigenvalue weighted by molar-refractivity contribution is 0.569. The quantitative estimate of drug-likeness (QED) is 0.391. The number of fused-ring (bicyclic) bond motifs is 2. The molecule has 0 spiro atoms. The number of hydrogen-bond donors (Lipinski definition) is 0. The van der Waals surface area contributed by atoms with Gasteiger partial charge in [0.05, 0.1) is 15.2 Å². The second-order valence-electron chi connectivity index (χ2n) is 10.2. The highest BCUT2D eigenvalue weighted by molar-refractivity contribution is 7.46. The van der Waals surface area contributed by atoms with Crippen LogP contribution < -0.4 is 0 Å². The van der Waals surface area contributed by atoms with Crippen LogP contribution in [0.5, 0.6) is 0 Å². The van der Waals surface area contributed by atoms with Gasteiger partial charge >= 0.3 is 0 Å². The maximum Gasteiger partial charge on any atom is 0.0795 e. The molecule has 4 aliphatic carbocycles. The molecule has 0 aliphatic heterocycles. The zero-order valence-corrected chi connectivity index (χ0v) is 21.0. The molecule has 0 saturated heterocycles. The monoisotopic (exact) mass is 416 g/mol. The third-order valence-electron chi connectivity index (χ3n) is 8.05. The molecule has 152 valence electrons. The minimum Gasteiger partial charge on any atom is -0.0734 e. The van der Waals surface area contributed by atoms with Crippen LogP contribution in [0.2, 0.25) is 26.2 Å². The Labute approximate surface area is 179 Å². The Bertz CT molecular complexity index is 941. The summed E-state index contributed by atoms with van der Waals surface area (Å²) in [6.07, 6.45) is 28.7. The molecule has 0 saturated carbocycles. The second kappa shape index (κ2) is 7.55. The Balaban J connectivity index is 1.79. The van der Waals surface area contributed by atoms with Gasteiger partial charge in [-0.05, 0) is 23.5 Å². The summed E-state index contributed by atoms with van der Waals surface area (Å²) in [6, 6.07) is 0. The molecular weight excluding hydrogens is 380 g/mol. The molecule has 0 aromatic heterocycles. The van der Waals surface area contributed by atoms with Gasteiger partial charge in [-0.1, -0.05) is 129 Å². The van der Waals surface area contributed by atoms with E-state index in [1.807, 2.05) is 0 Å². The van der Waals surface area contributed by atoms with Gasteiger partial charge in [0.15, 0.2) is 0 Å². The molecule has 0 aromatic rings. The van der Waals surface area contributed by atoms with E-state index < -0.39 is 15.2 Å². The fraction of sp³-hybridized carbons (Fsp3) is 0.407. The molecule has 0 bridgehead atoms. The fourth-order valence-electron chi connectivity index (χ4n) is 5.55. The van der Waals surface area contributed by atoms with Gasteiger partial charge < -0.3 is 0 Å². The minimum atomic E-state index is -1.67. The summed E-state index contributed by atoms with van der Waals surface area (Å²) in [4.78, 5) is 0. The van der Waals surface area contributed by atoms with E-state index >= 15 is 0 Å². The van der Waals surface area contributed by atoms with Crippen molar-refractivity contribution in [3.8, 4) is 0 Å². The molecule has 0 heterocycles. The lowest BCUT2D eigenvalue weighted by Crippen LogP contribution is -2.57. The van der Waals surface area contributed by atoms with Gasteiger partial charge in [0.1, 0.15) is 0 Å². The van der Waals surface area contributed by atoms with Crippen LogP contribution in [0.25, 0.3) is 0 Å². The van der Waals surface area contributed by atoms with Crippen molar-refractivity contribution in [2.24, 2.45) is 17.8 Å². The predicted octanol–water partition coefficient (Wildman–Crippen LogP) is 7.58. The Kier molecular flexibility index (Phi) is 5.37. The van der Waals surface area contributed by atoms with Gasteiger partial charge in [-0.25, -0.2) is 0 Å². The van der Waals surface area contributed by atoms with Gasteiger partial charge in [-0.3, -0.25) is 0 Å². The SMILES string of the molecule is CCCC(C)C1=CC([Si](C)(C)[Si](C)(C)C2=C3C=CC=CC3C=C2)=C2C=CC=CC12. The number of rotatable bonds is 6. The summed E-state index contributed by atoms with van der Waals surface area (Å²) in [6.45, 7) is 15.4. The Morgan fingerprint density at radius 2 is 1.45 bits per heavy atom. The van der Waals surface area contributed by atoms with Gasteiger partial charge in [0, 0.05) is 11.8 Å².